The zero-order chi connectivity index (χ0) is 14.5. The molecule has 0 saturated heterocycles. The first kappa shape index (κ1) is 14.8. The molecule has 2 aromatic rings. The SMILES string of the molecule is CCCNc1cc(Sc2nnc(C)n2C)nc(CC)n1. The zero-order valence-corrected chi connectivity index (χ0v) is 13.2. The van der Waals surface area contributed by atoms with Gasteiger partial charge < -0.3 is 9.88 Å². The number of aromatic nitrogens is 5. The molecule has 0 amide bonds. The number of anilines is 1. The van der Waals surface area contributed by atoms with E-state index in [4.69, 9.17) is 0 Å². The van der Waals surface area contributed by atoms with Gasteiger partial charge >= 0.3 is 0 Å². The standard InChI is InChI=1S/C13H20N6S/c1-5-7-14-11-8-12(16-10(6-2)15-11)20-13-18-17-9(3)19(13)4/h8H,5-7H2,1-4H3,(H,14,15,16). The van der Waals surface area contributed by atoms with Gasteiger partial charge in [-0.1, -0.05) is 13.8 Å². The number of aryl methyl sites for hydroxylation is 2. The summed E-state index contributed by atoms with van der Waals surface area (Å²) in [6.07, 6.45) is 1.88. The zero-order valence-electron chi connectivity index (χ0n) is 12.3. The lowest BCUT2D eigenvalue weighted by Gasteiger charge is -2.08. The van der Waals surface area contributed by atoms with Crippen LogP contribution in [0, 0.1) is 6.92 Å². The van der Waals surface area contributed by atoms with E-state index >= 15 is 0 Å². The van der Waals surface area contributed by atoms with Crippen LogP contribution in [0.3, 0.4) is 0 Å². The molecule has 2 rings (SSSR count). The number of nitrogens with zero attached hydrogens (tertiary/aromatic N) is 5. The molecule has 0 saturated carbocycles. The Hall–Kier alpha value is -1.63. The largest absolute Gasteiger partial charge is 0.370 e. The van der Waals surface area contributed by atoms with Crippen molar-refractivity contribution in [1.82, 2.24) is 24.7 Å². The maximum Gasteiger partial charge on any atom is 0.197 e. The minimum absolute atomic E-state index is 0.813. The fourth-order valence-corrected chi connectivity index (χ4v) is 2.46. The second kappa shape index (κ2) is 6.69. The molecular weight excluding hydrogens is 272 g/mol. The average molecular weight is 292 g/mol. The lowest BCUT2D eigenvalue weighted by molar-refractivity contribution is 0.763. The van der Waals surface area contributed by atoms with Gasteiger partial charge in [-0.25, -0.2) is 9.97 Å². The molecule has 0 aliphatic heterocycles. The summed E-state index contributed by atoms with van der Waals surface area (Å²) in [6.45, 7) is 7.03. The van der Waals surface area contributed by atoms with Gasteiger partial charge in [0.15, 0.2) is 5.16 Å². The van der Waals surface area contributed by atoms with Crippen LogP contribution in [0.15, 0.2) is 16.2 Å². The molecule has 0 radical (unpaired) electrons. The van der Waals surface area contributed by atoms with E-state index < -0.39 is 0 Å². The van der Waals surface area contributed by atoms with Crippen molar-refractivity contribution >= 4 is 17.6 Å². The van der Waals surface area contributed by atoms with Gasteiger partial charge in [0, 0.05) is 26.1 Å². The summed E-state index contributed by atoms with van der Waals surface area (Å²) < 4.78 is 1.96. The van der Waals surface area contributed by atoms with Crippen LogP contribution in [0.1, 0.15) is 31.9 Å². The Balaban J connectivity index is 2.23. The van der Waals surface area contributed by atoms with Gasteiger partial charge in [-0.3, -0.25) is 0 Å². The third kappa shape index (κ3) is 3.47. The van der Waals surface area contributed by atoms with Crippen LogP contribution in [-0.4, -0.2) is 31.3 Å². The summed E-state index contributed by atoms with van der Waals surface area (Å²) in [5, 5.41) is 13.3. The van der Waals surface area contributed by atoms with Crippen molar-refractivity contribution in [2.24, 2.45) is 7.05 Å². The van der Waals surface area contributed by atoms with Crippen LogP contribution in [0.2, 0.25) is 0 Å². The summed E-state index contributed by atoms with van der Waals surface area (Å²) in [6, 6.07) is 1.96. The molecule has 0 bridgehead atoms. The van der Waals surface area contributed by atoms with Gasteiger partial charge in [-0.2, -0.15) is 0 Å². The molecule has 1 N–H and O–H groups in total. The number of rotatable bonds is 6. The van der Waals surface area contributed by atoms with E-state index in [0.717, 1.165) is 47.0 Å². The first-order valence-electron chi connectivity index (χ1n) is 6.79. The normalized spacial score (nSPS) is 10.8. The minimum atomic E-state index is 0.813. The summed E-state index contributed by atoms with van der Waals surface area (Å²) in [4.78, 5) is 9.02. The Kier molecular flexibility index (Phi) is 4.94. The molecule has 0 aromatic carbocycles. The molecule has 7 heteroatoms. The lowest BCUT2D eigenvalue weighted by Crippen LogP contribution is -2.05. The molecule has 0 aliphatic rings. The molecule has 2 heterocycles. The smallest absolute Gasteiger partial charge is 0.197 e. The van der Waals surface area contributed by atoms with E-state index in [1.807, 2.05) is 24.6 Å². The topological polar surface area (TPSA) is 68.5 Å². The number of hydrogen-bond acceptors (Lipinski definition) is 6. The summed E-state index contributed by atoms with van der Waals surface area (Å²) >= 11 is 1.51. The Morgan fingerprint density at radius 2 is 2.05 bits per heavy atom. The van der Waals surface area contributed by atoms with Crippen molar-refractivity contribution in [2.45, 2.75) is 43.8 Å². The van der Waals surface area contributed by atoms with Gasteiger partial charge in [0.2, 0.25) is 0 Å². The van der Waals surface area contributed by atoms with Crippen LogP contribution in [-0.2, 0) is 13.5 Å². The van der Waals surface area contributed by atoms with E-state index in [9.17, 15) is 0 Å². The van der Waals surface area contributed by atoms with Crippen LogP contribution >= 0.6 is 11.8 Å². The fourth-order valence-electron chi connectivity index (χ4n) is 1.60. The second-order valence-electron chi connectivity index (χ2n) is 4.48. The Labute approximate surface area is 123 Å². The monoisotopic (exact) mass is 292 g/mol. The molecular formula is C13H20N6S. The van der Waals surface area contributed by atoms with Crippen LogP contribution in [0.4, 0.5) is 5.82 Å². The molecule has 20 heavy (non-hydrogen) atoms. The molecule has 6 nitrogen and oxygen atoms in total. The quantitative estimate of drug-likeness (QED) is 0.825. The van der Waals surface area contributed by atoms with E-state index in [1.54, 1.807) is 0 Å². The summed E-state index contributed by atoms with van der Waals surface area (Å²) in [7, 11) is 1.95. The summed E-state index contributed by atoms with van der Waals surface area (Å²) in [5.41, 5.74) is 0. The highest BCUT2D eigenvalue weighted by Crippen LogP contribution is 2.26. The van der Waals surface area contributed by atoms with Gasteiger partial charge in [-0.05, 0) is 25.1 Å². The van der Waals surface area contributed by atoms with Crippen LogP contribution in [0.5, 0.6) is 0 Å². The van der Waals surface area contributed by atoms with Gasteiger partial charge in [-0.15, -0.1) is 10.2 Å². The van der Waals surface area contributed by atoms with Crippen molar-refractivity contribution in [3.8, 4) is 0 Å². The molecule has 108 valence electrons. The number of hydrogen-bond donors (Lipinski definition) is 1. The highest BCUT2D eigenvalue weighted by atomic mass is 32.2. The lowest BCUT2D eigenvalue weighted by atomic mass is 10.4. The molecule has 0 aliphatic carbocycles. The maximum atomic E-state index is 4.54. The highest BCUT2D eigenvalue weighted by Gasteiger charge is 2.10. The van der Waals surface area contributed by atoms with Crippen molar-refractivity contribution in [1.29, 1.82) is 0 Å². The fraction of sp³-hybridized carbons (Fsp3) is 0.538. The van der Waals surface area contributed by atoms with Gasteiger partial charge in [0.1, 0.15) is 22.5 Å². The molecule has 0 unspecified atom stereocenters. The Morgan fingerprint density at radius 3 is 2.65 bits per heavy atom. The van der Waals surface area contributed by atoms with Gasteiger partial charge in [0.05, 0.1) is 0 Å². The highest BCUT2D eigenvalue weighted by molar-refractivity contribution is 7.99. The molecule has 2 aromatic heterocycles. The predicted molar refractivity (Wildman–Crippen MR) is 80.1 cm³/mol. The Bertz CT molecular complexity index is 580. The van der Waals surface area contributed by atoms with E-state index in [2.05, 4.69) is 39.3 Å². The van der Waals surface area contributed by atoms with Crippen molar-refractivity contribution in [3.63, 3.8) is 0 Å². The third-order valence-corrected chi connectivity index (χ3v) is 3.83. The average Bonchev–Trinajstić information content (AvgIpc) is 2.77. The van der Waals surface area contributed by atoms with Crippen LogP contribution in [0.25, 0.3) is 0 Å². The first-order valence-corrected chi connectivity index (χ1v) is 7.61. The first-order chi connectivity index (χ1) is 9.63. The van der Waals surface area contributed by atoms with E-state index in [-0.39, 0.29) is 0 Å². The third-order valence-electron chi connectivity index (χ3n) is 2.87. The number of nitrogens with one attached hydrogen (secondary N) is 1. The predicted octanol–water partition coefficient (Wildman–Crippen LogP) is 2.45. The molecule has 0 atom stereocenters. The van der Waals surface area contributed by atoms with Gasteiger partial charge in [0.25, 0.3) is 0 Å². The van der Waals surface area contributed by atoms with E-state index in [1.165, 1.54) is 11.8 Å². The van der Waals surface area contributed by atoms with E-state index in [0.29, 0.717) is 0 Å². The van der Waals surface area contributed by atoms with Crippen LogP contribution < -0.4 is 5.32 Å². The maximum absolute atomic E-state index is 4.54. The molecule has 0 fully saturated rings. The molecule has 0 spiro atoms. The second-order valence-corrected chi connectivity index (χ2v) is 5.47. The van der Waals surface area contributed by atoms with Crippen molar-refractivity contribution < 1.29 is 0 Å². The van der Waals surface area contributed by atoms with Crippen molar-refractivity contribution in [3.05, 3.63) is 17.7 Å². The summed E-state index contributed by atoms with van der Waals surface area (Å²) in [5.74, 6) is 2.61. The Morgan fingerprint density at radius 1 is 1.25 bits per heavy atom. The van der Waals surface area contributed by atoms with Crippen molar-refractivity contribution in [2.75, 3.05) is 11.9 Å². The minimum Gasteiger partial charge on any atom is -0.370 e.